The van der Waals surface area contributed by atoms with E-state index in [4.69, 9.17) is 0 Å². The number of hydrogen-bond acceptors (Lipinski definition) is 0. The lowest BCUT2D eigenvalue weighted by Gasteiger charge is -2.25. The summed E-state index contributed by atoms with van der Waals surface area (Å²) in [5.74, 6) is 0. The van der Waals surface area contributed by atoms with Gasteiger partial charge in [0.15, 0.2) is 0 Å². The van der Waals surface area contributed by atoms with Gasteiger partial charge in [0, 0.05) is 5.41 Å². The summed E-state index contributed by atoms with van der Waals surface area (Å²) >= 11 is 0. The SMILES string of the molecule is CC.CCC.Cc1ccccc1-c1ccc2ccc3c(c2c1C)C(C)(C)c1ccccc1-3. The Kier molecular flexibility index (Phi) is 7.24. The van der Waals surface area contributed by atoms with Gasteiger partial charge in [-0.1, -0.05) is 121 Å². The van der Waals surface area contributed by atoms with Crippen LogP contribution < -0.4 is 0 Å². The van der Waals surface area contributed by atoms with Crippen LogP contribution in [0.5, 0.6) is 0 Å². The van der Waals surface area contributed by atoms with Crippen molar-refractivity contribution in [1.82, 2.24) is 0 Å². The van der Waals surface area contributed by atoms with E-state index in [1.54, 1.807) is 0 Å². The summed E-state index contributed by atoms with van der Waals surface area (Å²) in [5, 5.41) is 2.76. The second-order valence-electron chi connectivity index (χ2n) is 9.02. The van der Waals surface area contributed by atoms with Gasteiger partial charge < -0.3 is 0 Å². The molecule has 0 aromatic heterocycles. The van der Waals surface area contributed by atoms with Crippen LogP contribution in [0, 0.1) is 13.8 Å². The molecule has 0 saturated carbocycles. The molecule has 1 aliphatic carbocycles. The number of hydrogen-bond donors (Lipinski definition) is 0. The van der Waals surface area contributed by atoms with Crippen LogP contribution in [0.4, 0.5) is 0 Å². The van der Waals surface area contributed by atoms with Crippen molar-refractivity contribution in [1.29, 1.82) is 0 Å². The second-order valence-corrected chi connectivity index (χ2v) is 9.02. The molecule has 0 unspecified atom stereocenters. The summed E-state index contributed by atoms with van der Waals surface area (Å²) in [6.45, 7) is 17.5. The summed E-state index contributed by atoms with van der Waals surface area (Å²) in [4.78, 5) is 0. The third-order valence-electron chi connectivity index (χ3n) is 6.40. The molecular weight excluding hydrogens is 384 g/mol. The van der Waals surface area contributed by atoms with E-state index in [-0.39, 0.29) is 5.41 Å². The second kappa shape index (κ2) is 9.74. The third-order valence-corrected chi connectivity index (χ3v) is 6.40. The third kappa shape index (κ3) is 3.88. The first-order valence-corrected chi connectivity index (χ1v) is 12.1. The van der Waals surface area contributed by atoms with Gasteiger partial charge in [0.1, 0.15) is 0 Å². The zero-order valence-electron chi connectivity index (χ0n) is 21.1. The van der Waals surface area contributed by atoms with Gasteiger partial charge >= 0.3 is 0 Å². The molecule has 0 spiro atoms. The highest BCUT2D eigenvalue weighted by Crippen LogP contribution is 2.52. The van der Waals surface area contributed by atoms with Gasteiger partial charge in [0.2, 0.25) is 0 Å². The van der Waals surface area contributed by atoms with E-state index in [0.29, 0.717) is 0 Å². The van der Waals surface area contributed by atoms with E-state index in [0.717, 1.165) is 0 Å². The summed E-state index contributed by atoms with van der Waals surface area (Å²) in [6.07, 6.45) is 1.25. The average Bonchev–Trinajstić information content (AvgIpc) is 3.04. The lowest BCUT2D eigenvalue weighted by Crippen LogP contribution is -2.15. The molecule has 0 amide bonds. The molecule has 0 aliphatic heterocycles. The molecule has 0 bridgehead atoms. The predicted octanol–water partition coefficient (Wildman–Crippen LogP) is 9.87. The highest BCUT2D eigenvalue weighted by Gasteiger charge is 2.37. The quantitative estimate of drug-likeness (QED) is 0.286. The van der Waals surface area contributed by atoms with Crippen LogP contribution in [0.3, 0.4) is 0 Å². The molecule has 0 nitrogen and oxygen atoms in total. The Bertz CT molecular complexity index is 1220. The van der Waals surface area contributed by atoms with Crippen molar-refractivity contribution in [3.8, 4) is 22.3 Å². The highest BCUT2D eigenvalue weighted by atomic mass is 14.4. The van der Waals surface area contributed by atoms with Gasteiger partial charge in [-0.2, -0.15) is 0 Å². The fraction of sp³-hybridized carbons (Fsp3) is 0.312. The largest absolute Gasteiger partial charge is 0.0683 e. The van der Waals surface area contributed by atoms with Crippen molar-refractivity contribution < 1.29 is 0 Å². The maximum atomic E-state index is 2.37. The van der Waals surface area contributed by atoms with Crippen molar-refractivity contribution in [3.05, 3.63) is 95.1 Å². The fourth-order valence-electron chi connectivity index (χ4n) is 5.03. The molecule has 32 heavy (non-hydrogen) atoms. The molecule has 166 valence electrons. The van der Waals surface area contributed by atoms with Crippen LogP contribution in [-0.4, -0.2) is 0 Å². The minimum Gasteiger partial charge on any atom is -0.0683 e. The Labute approximate surface area is 195 Å². The first-order valence-electron chi connectivity index (χ1n) is 12.1. The lowest BCUT2D eigenvalue weighted by atomic mass is 9.78. The number of benzene rings is 4. The van der Waals surface area contributed by atoms with Gasteiger partial charge in [-0.05, 0) is 69.1 Å². The maximum absolute atomic E-state index is 2.37. The van der Waals surface area contributed by atoms with Crippen LogP contribution in [-0.2, 0) is 5.41 Å². The molecule has 0 saturated heterocycles. The zero-order chi connectivity index (χ0) is 23.5. The number of fused-ring (bicyclic) bond motifs is 5. The average molecular weight is 423 g/mol. The van der Waals surface area contributed by atoms with E-state index in [9.17, 15) is 0 Å². The van der Waals surface area contributed by atoms with Gasteiger partial charge in [-0.15, -0.1) is 0 Å². The molecule has 0 radical (unpaired) electrons. The minimum absolute atomic E-state index is 0.0144. The molecular formula is C32H38. The van der Waals surface area contributed by atoms with E-state index in [1.165, 1.54) is 61.7 Å². The first-order chi connectivity index (χ1) is 15.4. The Morgan fingerprint density at radius 1 is 0.625 bits per heavy atom. The van der Waals surface area contributed by atoms with Crippen molar-refractivity contribution in [2.45, 2.75) is 67.2 Å². The Hall–Kier alpha value is -2.86. The van der Waals surface area contributed by atoms with Crippen LogP contribution in [0.15, 0.2) is 72.8 Å². The van der Waals surface area contributed by atoms with Crippen LogP contribution in [0.2, 0.25) is 0 Å². The van der Waals surface area contributed by atoms with Gasteiger partial charge in [-0.25, -0.2) is 0 Å². The molecule has 0 N–H and O–H groups in total. The van der Waals surface area contributed by atoms with Crippen molar-refractivity contribution in [2.75, 3.05) is 0 Å². The van der Waals surface area contributed by atoms with Crippen molar-refractivity contribution >= 4 is 10.8 Å². The highest BCUT2D eigenvalue weighted by molar-refractivity contribution is 6.01. The zero-order valence-corrected chi connectivity index (χ0v) is 21.1. The van der Waals surface area contributed by atoms with Crippen LogP contribution in [0.25, 0.3) is 33.0 Å². The standard InChI is InChI=1S/C27H24.C3H8.C2H6/c1-17-9-5-6-10-20(17)21-15-13-19-14-16-23-22-11-7-8-12-24(22)27(3,4)26(23)25(19)18(21)2;1-3-2;1-2/h5-16H,1-4H3;3H2,1-2H3;1-2H3. The van der Waals surface area contributed by atoms with Gasteiger partial charge in [0.05, 0.1) is 0 Å². The molecule has 0 atom stereocenters. The summed E-state index contributed by atoms with van der Waals surface area (Å²) < 4.78 is 0. The molecule has 4 aromatic carbocycles. The number of aryl methyl sites for hydroxylation is 2. The molecule has 0 fully saturated rings. The summed E-state index contributed by atoms with van der Waals surface area (Å²) in [7, 11) is 0. The van der Waals surface area contributed by atoms with Gasteiger partial charge in [0.25, 0.3) is 0 Å². The molecule has 0 heteroatoms. The monoisotopic (exact) mass is 422 g/mol. The van der Waals surface area contributed by atoms with E-state index >= 15 is 0 Å². The molecule has 1 aliphatic rings. The van der Waals surface area contributed by atoms with Gasteiger partial charge in [-0.3, -0.25) is 0 Å². The normalized spacial score (nSPS) is 12.8. The summed E-state index contributed by atoms with van der Waals surface area (Å²) in [5.41, 5.74) is 11.1. The topological polar surface area (TPSA) is 0 Å². The first kappa shape index (κ1) is 23.8. The van der Waals surface area contributed by atoms with E-state index in [1.807, 2.05) is 13.8 Å². The maximum Gasteiger partial charge on any atom is 0.0165 e. The summed E-state index contributed by atoms with van der Waals surface area (Å²) in [6, 6.07) is 26.8. The molecule has 4 aromatic rings. The Morgan fingerprint density at radius 2 is 1.16 bits per heavy atom. The smallest absolute Gasteiger partial charge is 0.0165 e. The van der Waals surface area contributed by atoms with Crippen molar-refractivity contribution in [2.24, 2.45) is 0 Å². The number of rotatable bonds is 1. The Balaban J connectivity index is 0.000000536. The Morgan fingerprint density at radius 3 is 1.78 bits per heavy atom. The van der Waals surface area contributed by atoms with Crippen LogP contribution in [0.1, 0.15) is 70.2 Å². The lowest BCUT2D eigenvalue weighted by molar-refractivity contribution is 0.666. The molecule has 5 rings (SSSR count). The van der Waals surface area contributed by atoms with E-state index in [2.05, 4.69) is 114 Å². The fourth-order valence-corrected chi connectivity index (χ4v) is 5.03. The van der Waals surface area contributed by atoms with Crippen molar-refractivity contribution in [3.63, 3.8) is 0 Å². The molecule has 0 heterocycles. The minimum atomic E-state index is 0.0144. The predicted molar refractivity (Wildman–Crippen MR) is 144 cm³/mol. The van der Waals surface area contributed by atoms with E-state index < -0.39 is 0 Å². The van der Waals surface area contributed by atoms with Crippen LogP contribution >= 0.6 is 0 Å².